The molecule has 102 valence electrons. The quantitative estimate of drug-likeness (QED) is 0.857. The van der Waals surface area contributed by atoms with Crippen LogP contribution in [0.4, 0.5) is 0 Å². The number of piperidine rings is 1. The van der Waals surface area contributed by atoms with Crippen LogP contribution in [0.1, 0.15) is 26.7 Å². The zero-order valence-electron chi connectivity index (χ0n) is 11.0. The minimum Gasteiger partial charge on any atom is -0.342 e. The maximum absolute atomic E-state index is 12.0. The summed E-state index contributed by atoms with van der Waals surface area (Å²) in [6, 6.07) is 0.265. The largest absolute Gasteiger partial charge is 0.342 e. The van der Waals surface area contributed by atoms with Gasteiger partial charge >= 0.3 is 0 Å². The van der Waals surface area contributed by atoms with Gasteiger partial charge in [0.05, 0.1) is 0 Å². The third-order valence-corrected chi connectivity index (χ3v) is 4.27. The Kier molecular flexibility index (Phi) is 8.25. The van der Waals surface area contributed by atoms with Gasteiger partial charge in [0.15, 0.2) is 0 Å². The maximum atomic E-state index is 12.0. The fraction of sp³-hybridized carbons (Fsp3) is 0.917. The van der Waals surface area contributed by atoms with Crippen LogP contribution in [0.2, 0.25) is 0 Å². The van der Waals surface area contributed by atoms with Crippen molar-refractivity contribution >= 4 is 30.1 Å². The fourth-order valence-electron chi connectivity index (χ4n) is 2.28. The standard InChI is InChI=1S/C12H24N2OS.ClH/c1-9(8-16-3)12(15)14-6-4-11(5-7-14)10(2)13;/h9-11H,4-8,13H2,1-3H3;1H. The van der Waals surface area contributed by atoms with Crippen LogP contribution in [0, 0.1) is 11.8 Å². The van der Waals surface area contributed by atoms with Gasteiger partial charge in [-0.2, -0.15) is 11.8 Å². The van der Waals surface area contributed by atoms with E-state index in [0.717, 1.165) is 31.7 Å². The van der Waals surface area contributed by atoms with Crippen molar-refractivity contribution in [3.05, 3.63) is 0 Å². The first kappa shape index (κ1) is 17.1. The number of nitrogens with zero attached hydrogens (tertiary/aromatic N) is 1. The van der Waals surface area contributed by atoms with Crippen LogP contribution >= 0.6 is 24.2 Å². The van der Waals surface area contributed by atoms with Crippen LogP contribution in [-0.2, 0) is 4.79 Å². The van der Waals surface area contributed by atoms with Crippen LogP contribution in [0.5, 0.6) is 0 Å². The Morgan fingerprint density at radius 3 is 2.35 bits per heavy atom. The monoisotopic (exact) mass is 280 g/mol. The van der Waals surface area contributed by atoms with Crippen LogP contribution < -0.4 is 5.73 Å². The van der Waals surface area contributed by atoms with Gasteiger partial charge in [-0.25, -0.2) is 0 Å². The van der Waals surface area contributed by atoms with Gasteiger partial charge < -0.3 is 10.6 Å². The van der Waals surface area contributed by atoms with Crippen molar-refractivity contribution in [1.29, 1.82) is 0 Å². The predicted octanol–water partition coefficient (Wildman–Crippen LogP) is 1.99. The molecule has 3 nitrogen and oxygen atoms in total. The Bertz CT molecular complexity index is 231. The number of halogens is 1. The average Bonchev–Trinajstić information content (AvgIpc) is 2.28. The summed E-state index contributed by atoms with van der Waals surface area (Å²) in [7, 11) is 0. The highest BCUT2D eigenvalue weighted by Gasteiger charge is 2.26. The van der Waals surface area contributed by atoms with E-state index in [0.29, 0.717) is 11.8 Å². The minimum absolute atomic E-state index is 0. The summed E-state index contributed by atoms with van der Waals surface area (Å²) in [6.45, 7) is 5.88. The van der Waals surface area contributed by atoms with E-state index in [2.05, 4.69) is 6.92 Å². The van der Waals surface area contributed by atoms with Crippen molar-refractivity contribution < 1.29 is 4.79 Å². The number of hydrogen-bond donors (Lipinski definition) is 1. The molecule has 0 aromatic carbocycles. The van der Waals surface area contributed by atoms with E-state index in [-0.39, 0.29) is 24.4 Å². The summed E-state index contributed by atoms with van der Waals surface area (Å²) in [5, 5.41) is 0. The molecule has 1 saturated heterocycles. The Hall–Kier alpha value is 0.0700. The second kappa shape index (κ2) is 8.22. The summed E-state index contributed by atoms with van der Waals surface area (Å²) in [6.07, 6.45) is 4.18. The second-order valence-corrected chi connectivity index (χ2v) is 5.79. The van der Waals surface area contributed by atoms with Gasteiger partial charge in [0.25, 0.3) is 0 Å². The van der Waals surface area contributed by atoms with E-state index in [9.17, 15) is 4.79 Å². The molecule has 0 bridgehead atoms. The molecule has 2 N–H and O–H groups in total. The van der Waals surface area contributed by atoms with E-state index in [1.807, 2.05) is 18.1 Å². The molecule has 1 fully saturated rings. The molecule has 1 aliphatic rings. The van der Waals surface area contributed by atoms with E-state index in [4.69, 9.17) is 5.73 Å². The van der Waals surface area contributed by atoms with Gasteiger partial charge in [0.1, 0.15) is 0 Å². The lowest BCUT2D eigenvalue weighted by Crippen LogP contribution is -2.44. The third kappa shape index (κ3) is 5.06. The summed E-state index contributed by atoms with van der Waals surface area (Å²) in [5.41, 5.74) is 5.89. The molecule has 0 aromatic rings. The molecule has 0 radical (unpaired) electrons. The van der Waals surface area contributed by atoms with Crippen molar-refractivity contribution in [2.75, 3.05) is 25.1 Å². The molecule has 2 atom stereocenters. The van der Waals surface area contributed by atoms with Crippen LogP contribution in [0.3, 0.4) is 0 Å². The lowest BCUT2D eigenvalue weighted by molar-refractivity contribution is -0.135. The number of likely N-dealkylation sites (tertiary alicyclic amines) is 1. The van der Waals surface area contributed by atoms with Crippen LogP contribution in [-0.4, -0.2) is 41.9 Å². The van der Waals surface area contributed by atoms with Crippen molar-refractivity contribution in [3.8, 4) is 0 Å². The van der Waals surface area contributed by atoms with Gasteiger partial charge in [0, 0.05) is 30.8 Å². The second-order valence-electron chi connectivity index (χ2n) is 4.88. The first-order valence-electron chi connectivity index (χ1n) is 6.09. The third-order valence-electron chi connectivity index (χ3n) is 3.43. The van der Waals surface area contributed by atoms with Crippen LogP contribution in [0.25, 0.3) is 0 Å². The molecular formula is C12H25ClN2OS. The van der Waals surface area contributed by atoms with Gasteiger partial charge in [-0.05, 0) is 31.9 Å². The Morgan fingerprint density at radius 1 is 1.41 bits per heavy atom. The number of carbonyl (C=O) groups is 1. The molecule has 2 unspecified atom stereocenters. The molecule has 1 amide bonds. The van der Waals surface area contributed by atoms with Gasteiger partial charge in [-0.3, -0.25) is 4.79 Å². The van der Waals surface area contributed by atoms with E-state index >= 15 is 0 Å². The molecule has 0 saturated carbocycles. The summed E-state index contributed by atoms with van der Waals surface area (Å²) in [5.74, 6) is 1.99. The zero-order valence-corrected chi connectivity index (χ0v) is 12.6. The highest BCUT2D eigenvalue weighted by Crippen LogP contribution is 2.21. The summed E-state index contributed by atoms with van der Waals surface area (Å²) >= 11 is 1.74. The molecular weight excluding hydrogens is 256 g/mol. The van der Waals surface area contributed by atoms with Crippen molar-refractivity contribution in [2.45, 2.75) is 32.7 Å². The molecule has 0 aromatic heterocycles. The van der Waals surface area contributed by atoms with E-state index in [1.165, 1.54) is 0 Å². The molecule has 17 heavy (non-hydrogen) atoms. The van der Waals surface area contributed by atoms with Crippen molar-refractivity contribution in [2.24, 2.45) is 17.6 Å². The topological polar surface area (TPSA) is 46.3 Å². The lowest BCUT2D eigenvalue weighted by Gasteiger charge is -2.35. The normalized spacial score (nSPS) is 20.6. The molecule has 1 rings (SSSR count). The predicted molar refractivity (Wildman–Crippen MR) is 77.7 cm³/mol. The van der Waals surface area contributed by atoms with Gasteiger partial charge in [0.2, 0.25) is 5.91 Å². The van der Waals surface area contributed by atoms with Gasteiger partial charge in [-0.15, -0.1) is 12.4 Å². The molecule has 0 aliphatic carbocycles. The molecule has 0 spiro atoms. The average molecular weight is 281 g/mol. The highest BCUT2D eigenvalue weighted by molar-refractivity contribution is 7.98. The van der Waals surface area contributed by atoms with Crippen molar-refractivity contribution in [1.82, 2.24) is 4.90 Å². The fourth-order valence-corrected chi connectivity index (χ4v) is 2.92. The SMILES string of the molecule is CSCC(C)C(=O)N1CCC(C(C)N)CC1.Cl. The number of thioether (sulfide) groups is 1. The number of nitrogens with two attached hydrogens (primary N) is 1. The smallest absolute Gasteiger partial charge is 0.226 e. The first-order chi connectivity index (χ1) is 7.56. The Morgan fingerprint density at radius 2 is 1.94 bits per heavy atom. The molecule has 1 heterocycles. The Balaban J connectivity index is 0.00000256. The number of rotatable bonds is 4. The lowest BCUT2D eigenvalue weighted by atomic mass is 9.90. The molecule has 1 aliphatic heterocycles. The minimum atomic E-state index is 0. The number of amides is 1. The zero-order chi connectivity index (χ0) is 12.1. The number of carbonyl (C=O) groups excluding carboxylic acids is 1. The van der Waals surface area contributed by atoms with Gasteiger partial charge in [-0.1, -0.05) is 6.92 Å². The maximum Gasteiger partial charge on any atom is 0.226 e. The van der Waals surface area contributed by atoms with E-state index < -0.39 is 0 Å². The van der Waals surface area contributed by atoms with E-state index in [1.54, 1.807) is 11.8 Å². The first-order valence-corrected chi connectivity index (χ1v) is 7.49. The summed E-state index contributed by atoms with van der Waals surface area (Å²) < 4.78 is 0. The number of hydrogen-bond acceptors (Lipinski definition) is 3. The van der Waals surface area contributed by atoms with Crippen molar-refractivity contribution in [3.63, 3.8) is 0 Å². The van der Waals surface area contributed by atoms with Crippen LogP contribution in [0.15, 0.2) is 0 Å². The Labute approximate surface area is 115 Å². The summed E-state index contributed by atoms with van der Waals surface area (Å²) in [4.78, 5) is 14.1. The molecule has 5 heteroatoms. The highest BCUT2D eigenvalue weighted by atomic mass is 35.5.